The molecule has 10 heteroatoms. The molecule has 1 saturated heterocycles. The summed E-state index contributed by atoms with van der Waals surface area (Å²) in [5.74, 6) is -0.0610. The van der Waals surface area contributed by atoms with E-state index >= 15 is 0 Å². The number of halogens is 1. The first-order valence-electron chi connectivity index (χ1n) is 11.1. The molecule has 0 radical (unpaired) electrons. The Kier molecular flexibility index (Phi) is 5.69. The summed E-state index contributed by atoms with van der Waals surface area (Å²) in [6, 6.07) is 3.02. The number of hydrogen-bond acceptors (Lipinski definition) is 7. The summed E-state index contributed by atoms with van der Waals surface area (Å²) in [6.07, 6.45) is 5.76. The van der Waals surface area contributed by atoms with Crippen LogP contribution in [-0.2, 0) is 4.79 Å². The lowest BCUT2D eigenvalue weighted by Crippen LogP contribution is -2.62. The summed E-state index contributed by atoms with van der Waals surface area (Å²) in [5, 5.41) is 6.21. The van der Waals surface area contributed by atoms with Crippen molar-refractivity contribution in [2.24, 2.45) is 5.92 Å². The highest BCUT2D eigenvalue weighted by Gasteiger charge is 2.36. The molecule has 33 heavy (non-hydrogen) atoms. The van der Waals surface area contributed by atoms with Crippen LogP contribution in [0, 0.1) is 18.7 Å². The lowest BCUT2D eigenvalue weighted by atomic mass is 9.84. The van der Waals surface area contributed by atoms with Crippen LogP contribution >= 0.6 is 11.3 Å². The summed E-state index contributed by atoms with van der Waals surface area (Å²) in [5.41, 5.74) is 1.69. The average Bonchev–Trinajstić information content (AvgIpc) is 3.08. The van der Waals surface area contributed by atoms with Gasteiger partial charge in [0.1, 0.15) is 5.82 Å². The molecule has 3 aromatic rings. The number of carbonyl (C=O) groups excluding carboxylic acids is 2. The molecule has 0 aromatic carbocycles. The van der Waals surface area contributed by atoms with Gasteiger partial charge >= 0.3 is 0 Å². The molecule has 0 bridgehead atoms. The zero-order valence-corrected chi connectivity index (χ0v) is 19.3. The second kappa shape index (κ2) is 8.66. The van der Waals surface area contributed by atoms with Crippen molar-refractivity contribution in [3.8, 4) is 0 Å². The van der Waals surface area contributed by atoms with Gasteiger partial charge in [0.15, 0.2) is 5.69 Å². The van der Waals surface area contributed by atoms with E-state index < -0.39 is 5.82 Å². The molecule has 1 atom stereocenters. The number of aryl methyl sites for hydroxylation is 1. The third kappa shape index (κ3) is 4.39. The fourth-order valence-electron chi connectivity index (χ4n) is 4.08. The standard InChI is InChI=1S/C23H25FN6O2S/c1-12-6-18-20(33-12)19(22(32)30-10-17(11-30)27-21(31)14-4-3-5-14)29-23(28-18)26-13(2)15-7-16(24)9-25-8-15/h6-9,13-14,17H,3-5,10-11H2,1-2H3,(H,27,31)(H,26,28,29)/t13-/m0/s1. The fraction of sp³-hybridized carbons (Fsp3) is 0.435. The zero-order valence-electron chi connectivity index (χ0n) is 18.5. The van der Waals surface area contributed by atoms with Gasteiger partial charge in [-0.05, 0) is 44.4 Å². The molecule has 1 aliphatic heterocycles. The minimum atomic E-state index is -0.418. The van der Waals surface area contributed by atoms with Gasteiger partial charge in [0, 0.05) is 30.1 Å². The van der Waals surface area contributed by atoms with Crippen LogP contribution in [0.5, 0.6) is 0 Å². The number of pyridine rings is 1. The molecule has 2 amide bonds. The maximum Gasteiger partial charge on any atom is 0.274 e. The Balaban J connectivity index is 1.33. The predicted octanol–water partition coefficient (Wildman–Crippen LogP) is 3.45. The highest BCUT2D eigenvalue weighted by atomic mass is 32.1. The topological polar surface area (TPSA) is 100 Å². The Morgan fingerprint density at radius 2 is 2.00 bits per heavy atom. The highest BCUT2D eigenvalue weighted by Crippen LogP contribution is 2.30. The van der Waals surface area contributed by atoms with E-state index in [1.807, 2.05) is 19.9 Å². The Morgan fingerprint density at radius 3 is 2.70 bits per heavy atom. The van der Waals surface area contributed by atoms with Crippen LogP contribution in [0.25, 0.3) is 10.2 Å². The molecule has 3 aromatic heterocycles. The summed E-state index contributed by atoms with van der Waals surface area (Å²) in [6.45, 7) is 4.77. The summed E-state index contributed by atoms with van der Waals surface area (Å²) in [4.78, 5) is 41.2. The van der Waals surface area contributed by atoms with Gasteiger partial charge in [0.2, 0.25) is 11.9 Å². The van der Waals surface area contributed by atoms with Crippen molar-refractivity contribution < 1.29 is 14.0 Å². The van der Waals surface area contributed by atoms with Crippen molar-refractivity contribution in [1.82, 2.24) is 25.2 Å². The van der Waals surface area contributed by atoms with Gasteiger partial charge in [-0.2, -0.15) is 0 Å². The minimum absolute atomic E-state index is 0.0115. The maximum atomic E-state index is 13.6. The minimum Gasteiger partial charge on any atom is -0.350 e. The van der Waals surface area contributed by atoms with E-state index in [1.54, 1.807) is 11.1 Å². The number of amides is 2. The van der Waals surface area contributed by atoms with Gasteiger partial charge in [-0.15, -0.1) is 11.3 Å². The van der Waals surface area contributed by atoms with E-state index in [0.29, 0.717) is 35.8 Å². The summed E-state index contributed by atoms with van der Waals surface area (Å²) < 4.78 is 14.3. The van der Waals surface area contributed by atoms with E-state index in [2.05, 4.69) is 25.6 Å². The Labute approximate surface area is 194 Å². The van der Waals surface area contributed by atoms with Crippen molar-refractivity contribution in [2.45, 2.75) is 45.2 Å². The highest BCUT2D eigenvalue weighted by molar-refractivity contribution is 7.19. The average molecular weight is 469 g/mol. The molecule has 2 aliphatic rings. The number of nitrogens with zero attached hydrogens (tertiary/aromatic N) is 4. The van der Waals surface area contributed by atoms with Gasteiger partial charge in [-0.1, -0.05) is 6.42 Å². The predicted molar refractivity (Wildman–Crippen MR) is 124 cm³/mol. The normalized spacial score (nSPS) is 17.4. The van der Waals surface area contributed by atoms with Crippen LogP contribution in [0.15, 0.2) is 24.5 Å². The zero-order chi connectivity index (χ0) is 23.1. The van der Waals surface area contributed by atoms with Gasteiger partial charge < -0.3 is 15.5 Å². The quantitative estimate of drug-likeness (QED) is 0.575. The van der Waals surface area contributed by atoms with Crippen LogP contribution in [0.2, 0.25) is 0 Å². The number of aromatic nitrogens is 3. The Morgan fingerprint density at radius 1 is 1.21 bits per heavy atom. The third-order valence-corrected chi connectivity index (χ3v) is 7.31. The smallest absolute Gasteiger partial charge is 0.274 e. The van der Waals surface area contributed by atoms with Crippen molar-refractivity contribution in [3.63, 3.8) is 0 Å². The number of fused-ring (bicyclic) bond motifs is 1. The SMILES string of the molecule is Cc1cc2nc(N[C@@H](C)c3cncc(F)c3)nc(C(=O)N3CC(NC(=O)C4CCC4)C3)c2s1. The molecule has 0 unspecified atom stereocenters. The van der Waals surface area contributed by atoms with Crippen LogP contribution in [0.4, 0.5) is 10.3 Å². The molecule has 172 valence electrons. The van der Waals surface area contributed by atoms with Gasteiger partial charge in [-0.3, -0.25) is 14.6 Å². The summed E-state index contributed by atoms with van der Waals surface area (Å²) in [7, 11) is 0. The van der Waals surface area contributed by atoms with E-state index in [0.717, 1.165) is 35.0 Å². The first-order chi connectivity index (χ1) is 15.9. The maximum absolute atomic E-state index is 13.6. The molecule has 1 aliphatic carbocycles. The monoisotopic (exact) mass is 468 g/mol. The number of thiophene rings is 1. The molecular formula is C23H25FN6O2S. The Bertz CT molecular complexity index is 1220. The number of anilines is 1. The summed E-state index contributed by atoms with van der Waals surface area (Å²) >= 11 is 1.48. The van der Waals surface area contributed by atoms with E-state index in [1.165, 1.54) is 17.4 Å². The van der Waals surface area contributed by atoms with Crippen molar-refractivity contribution >= 4 is 39.3 Å². The lowest BCUT2D eigenvalue weighted by Gasteiger charge is -2.40. The fourth-order valence-corrected chi connectivity index (χ4v) is 5.01. The molecule has 8 nitrogen and oxygen atoms in total. The van der Waals surface area contributed by atoms with Crippen LogP contribution in [0.1, 0.15) is 53.2 Å². The van der Waals surface area contributed by atoms with Crippen LogP contribution < -0.4 is 10.6 Å². The van der Waals surface area contributed by atoms with Gasteiger partial charge in [0.05, 0.1) is 28.5 Å². The van der Waals surface area contributed by atoms with Crippen molar-refractivity contribution in [3.05, 3.63) is 46.5 Å². The first kappa shape index (κ1) is 21.7. The van der Waals surface area contributed by atoms with Gasteiger partial charge in [-0.25, -0.2) is 14.4 Å². The molecular weight excluding hydrogens is 443 g/mol. The number of carbonyl (C=O) groups is 2. The molecule has 2 fully saturated rings. The molecule has 2 N–H and O–H groups in total. The van der Waals surface area contributed by atoms with Gasteiger partial charge in [0.25, 0.3) is 5.91 Å². The number of hydrogen-bond donors (Lipinski definition) is 2. The largest absolute Gasteiger partial charge is 0.350 e. The second-order valence-corrected chi connectivity index (χ2v) is 10.1. The molecule has 1 saturated carbocycles. The van der Waals surface area contributed by atoms with Crippen LogP contribution in [0.3, 0.4) is 0 Å². The second-order valence-electron chi connectivity index (χ2n) is 8.81. The number of rotatable bonds is 6. The van der Waals surface area contributed by atoms with Crippen molar-refractivity contribution in [2.75, 3.05) is 18.4 Å². The van der Waals surface area contributed by atoms with Crippen LogP contribution in [-0.4, -0.2) is 50.8 Å². The number of likely N-dealkylation sites (tertiary alicyclic amines) is 1. The van der Waals surface area contributed by atoms with E-state index in [-0.39, 0.29) is 29.8 Å². The third-order valence-electron chi connectivity index (χ3n) is 6.26. The molecule has 5 rings (SSSR count). The Hall–Kier alpha value is -3.14. The van der Waals surface area contributed by atoms with E-state index in [9.17, 15) is 14.0 Å². The molecule has 0 spiro atoms. The van der Waals surface area contributed by atoms with Crippen molar-refractivity contribution in [1.29, 1.82) is 0 Å². The lowest BCUT2D eigenvalue weighted by molar-refractivity contribution is -0.129. The van der Waals surface area contributed by atoms with E-state index in [4.69, 9.17) is 0 Å². The number of nitrogens with one attached hydrogen (secondary N) is 2. The molecule has 4 heterocycles. The first-order valence-corrected chi connectivity index (χ1v) is 11.9.